The second kappa shape index (κ2) is 9.30. The molecular weight excluding hydrogens is 477 g/mol. The normalized spacial score (nSPS) is 21.6. The Morgan fingerprint density at radius 3 is 2.57 bits per heavy atom. The molecule has 2 aromatic carbocycles. The van der Waals surface area contributed by atoms with Crippen LogP contribution in [0.3, 0.4) is 0 Å². The zero-order valence-corrected chi connectivity index (χ0v) is 20.9. The van der Waals surface area contributed by atoms with Gasteiger partial charge in [-0.05, 0) is 68.3 Å². The Morgan fingerprint density at radius 1 is 1.11 bits per heavy atom. The smallest absolute Gasteiger partial charge is 0.387 e. The monoisotopic (exact) mass is 505 g/mol. The number of carbonyl (C=O) groups is 1. The molecule has 1 aliphatic carbocycles. The van der Waals surface area contributed by atoms with Crippen LogP contribution in [0, 0.1) is 12.8 Å². The van der Waals surface area contributed by atoms with Crippen molar-refractivity contribution in [1.29, 1.82) is 0 Å². The number of hydrogen-bond donors (Lipinski definition) is 1. The van der Waals surface area contributed by atoms with E-state index in [4.69, 9.17) is 0 Å². The van der Waals surface area contributed by atoms with E-state index in [1.54, 1.807) is 24.4 Å². The molecule has 1 N–H and O–H groups in total. The Kier molecular flexibility index (Phi) is 6.28. The zero-order valence-electron chi connectivity index (χ0n) is 20.9. The first-order valence-corrected chi connectivity index (χ1v) is 12.4. The van der Waals surface area contributed by atoms with Crippen molar-refractivity contribution < 1.29 is 27.6 Å². The quantitative estimate of drug-likeness (QED) is 0.357. The maximum Gasteiger partial charge on any atom is 0.416 e. The summed E-state index contributed by atoms with van der Waals surface area (Å²) >= 11 is 0. The van der Waals surface area contributed by atoms with Crippen molar-refractivity contribution in [3.05, 3.63) is 94.8 Å². The molecule has 3 aromatic rings. The van der Waals surface area contributed by atoms with Gasteiger partial charge in [0.25, 0.3) is 0 Å². The second-order valence-electron chi connectivity index (χ2n) is 9.47. The summed E-state index contributed by atoms with van der Waals surface area (Å²) in [6.07, 6.45) is 3.25. The van der Waals surface area contributed by atoms with E-state index in [9.17, 15) is 23.1 Å². The van der Waals surface area contributed by atoms with E-state index >= 15 is 0 Å². The Bertz CT molecular complexity index is 1500. The molecule has 5 rings (SSSR count). The van der Waals surface area contributed by atoms with Gasteiger partial charge in [0.05, 0.1) is 23.0 Å². The largest absolute Gasteiger partial charge is 0.416 e. The molecule has 2 heterocycles. The van der Waals surface area contributed by atoms with Crippen LogP contribution in [0.5, 0.6) is 0 Å². The van der Waals surface area contributed by atoms with E-state index < -0.39 is 23.8 Å². The van der Waals surface area contributed by atoms with E-state index in [0.29, 0.717) is 28.9 Å². The van der Waals surface area contributed by atoms with Crippen molar-refractivity contribution in [3.63, 3.8) is 0 Å². The summed E-state index contributed by atoms with van der Waals surface area (Å²) in [6, 6.07) is 11.7. The van der Waals surface area contributed by atoms with E-state index in [1.807, 2.05) is 43.1 Å². The molecule has 0 saturated heterocycles. The number of anilines is 1. The number of hydrogen-bond acceptors (Lipinski definition) is 3. The second-order valence-corrected chi connectivity index (χ2v) is 9.47. The molecule has 1 fully saturated rings. The maximum atomic E-state index is 13.4. The number of benzene rings is 2. The van der Waals surface area contributed by atoms with Crippen LogP contribution in [-0.2, 0) is 17.5 Å². The van der Waals surface area contributed by atoms with Gasteiger partial charge < -0.3 is 10.0 Å². The summed E-state index contributed by atoms with van der Waals surface area (Å²) in [6.45, 7) is 7.36. The van der Waals surface area contributed by atoms with Gasteiger partial charge in [0, 0.05) is 41.7 Å². The molecule has 0 amide bonds. The summed E-state index contributed by atoms with van der Waals surface area (Å²) in [4.78, 5) is 15.0. The fourth-order valence-corrected chi connectivity index (χ4v) is 5.09. The Balaban J connectivity index is 1.51. The van der Waals surface area contributed by atoms with Crippen LogP contribution < -0.4 is 9.47 Å². The molecule has 2 unspecified atom stereocenters. The number of aromatic nitrogens is 1. The number of fused-ring (bicyclic) bond motifs is 2. The fraction of sp³-hybridized carbons (Fsp3) is 0.267. The van der Waals surface area contributed by atoms with Gasteiger partial charge in [-0.3, -0.25) is 4.79 Å². The summed E-state index contributed by atoms with van der Waals surface area (Å²) in [5.74, 6) is -1.05. The standard InChI is InChI=1S/C30H28F3N2O2/c1-4-34-12-10-19(22-14-18(3)6-8-26(22)34)15-24-28(36)25(29(24)37)16-20-11-13-35(5-2)27-9-7-21(17-23(20)27)30(31,32)33/h6-17,25,28,36H,4-5H2,1-3H3/q+1/b20-16+,24-15+. The van der Waals surface area contributed by atoms with Crippen LogP contribution in [0.1, 0.15) is 36.1 Å². The number of halogens is 3. The fourth-order valence-electron chi connectivity index (χ4n) is 5.09. The minimum absolute atomic E-state index is 0.229. The number of aryl methyl sites for hydroxylation is 2. The molecule has 37 heavy (non-hydrogen) atoms. The number of rotatable bonds is 4. The number of aliphatic hydroxyl groups is 1. The highest BCUT2D eigenvalue weighted by Gasteiger charge is 2.43. The summed E-state index contributed by atoms with van der Waals surface area (Å²) < 4.78 is 42.4. The van der Waals surface area contributed by atoms with Gasteiger partial charge in [-0.15, -0.1) is 0 Å². The zero-order chi connectivity index (χ0) is 26.5. The lowest BCUT2D eigenvalue weighted by Gasteiger charge is -2.34. The van der Waals surface area contributed by atoms with Crippen LogP contribution in [-0.4, -0.2) is 23.5 Å². The van der Waals surface area contributed by atoms with Gasteiger partial charge in [-0.25, -0.2) is 0 Å². The van der Waals surface area contributed by atoms with Gasteiger partial charge in [0.1, 0.15) is 6.54 Å². The lowest BCUT2D eigenvalue weighted by atomic mass is 9.73. The molecule has 2 aliphatic rings. The predicted octanol–water partition coefficient (Wildman–Crippen LogP) is 5.85. The molecule has 7 heteroatoms. The third-order valence-corrected chi connectivity index (χ3v) is 7.18. The first kappa shape index (κ1) is 25.0. The van der Waals surface area contributed by atoms with Crippen molar-refractivity contribution in [1.82, 2.24) is 0 Å². The summed E-state index contributed by atoms with van der Waals surface area (Å²) in [5.41, 5.74) is 4.04. The van der Waals surface area contributed by atoms with Gasteiger partial charge >= 0.3 is 6.18 Å². The van der Waals surface area contributed by atoms with E-state index in [1.165, 1.54) is 6.07 Å². The predicted molar refractivity (Wildman–Crippen MR) is 139 cm³/mol. The van der Waals surface area contributed by atoms with Crippen molar-refractivity contribution in [3.8, 4) is 0 Å². The van der Waals surface area contributed by atoms with E-state index in [0.717, 1.165) is 40.7 Å². The Morgan fingerprint density at radius 2 is 1.89 bits per heavy atom. The first-order chi connectivity index (χ1) is 17.6. The molecule has 0 spiro atoms. The number of allylic oxidation sites excluding steroid dienone is 2. The summed E-state index contributed by atoms with van der Waals surface area (Å²) in [5, 5.41) is 11.9. The SMILES string of the molecule is CCN1C=C/C(=C\C2C(=O)/C(=C/c3cc[n+](CC)c4ccc(C)cc34)C2O)c2cc(C(F)(F)F)ccc21. The third kappa shape index (κ3) is 4.37. The number of carbonyl (C=O) groups excluding carboxylic acids is 1. The molecule has 0 radical (unpaired) electrons. The molecule has 2 atom stereocenters. The highest BCUT2D eigenvalue weighted by Crippen LogP contribution is 2.41. The topological polar surface area (TPSA) is 44.4 Å². The maximum absolute atomic E-state index is 13.4. The van der Waals surface area contributed by atoms with Crippen LogP contribution in [0.2, 0.25) is 0 Å². The minimum atomic E-state index is -4.48. The highest BCUT2D eigenvalue weighted by atomic mass is 19.4. The van der Waals surface area contributed by atoms with Crippen LogP contribution in [0.4, 0.5) is 18.9 Å². The number of ketones is 1. The van der Waals surface area contributed by atoms with Gasteiger partial charge in [-0.1, -0.05) is 17.7 Å². The van der Waals surface area contributed by atoms with Gasteiger partial charge in [0.15, 0.2) is 12.0 Å². The van der Waals surface area contributed by atoms with Crippen LogP contribution >= 0.6 is 0 Å². The van der Waals surface area contributed by atoms with Gasteiger partial charge in [0.2, 0.25) is 5.52 Å². The van der Waals surface area contributed by atoms with E-state index in [-0.39, 0.29) is 5.78 Å². The Labute approximate surface area is 213 Å². The van der Waals surface area contributed by atoms with Crippen molar-refractivity contribution >= 4 is 34.0 Å². The third-order valence-electron chi connectivity index (χ3n) is 7.18. The molecule has 1 aromatic heterocycles. The molecule has 4 nitrogen and oxygen atoms in total. The molecule has 0 bridgehead atoms. The highest BCUT2D eigenvalue weighted by molar-refractivity contribution is 6.12. The average molecular weight is 506 g/mol. The average Bonchev–Trinajstić information content (AvgIpc) is 2.89. The molecule has 190 valence electrons. The van der Waals surface area contributed by atoms with Gasteiger partial charge in [-0.2, -0.15) is 17.7 Å². The lowest BCUT2D eigenvalue weighted by molar-refractivity contribution is -0.667. The lowest BCUT2D eigenvalue weighted by Crippen LogP contribution is -2.43. The minimum Gasteiger partial charge on any atom is -0.387 e. The number of nitrogens with zero attached hydrogens (tertiary/aromatic N) is 2. The number of Topliss-reactive ketones (excluding diaryl/α,β-unsaturated/α-hetero) is 1. The van der Waals surface area contributed by atoms with Crippen LogP contribution in [0.25, 0.3) is 22.6 Å². The molecule has 1 saturated carbocycles. The van der Waals surface area contributed by atoms with E-state index in [2.05, 4.69) is 17.6 Å². The van der Waals surface area contributed by atoms with Crippen LogP contribution in [0.15, 0.2) is 72.6 Å². The van der Waals surface area contributed by atoms with Crippen molar-refractivity contribution in [2.45, 2.75) is 39.6 Å². The van der Waals surface area contributed by atoms with Crippen molar-refractivity contribution in [2.75, 3.05) is 11.4 Å². The molecule has 1 aliphatic heterocycles. The Hall–Kier alpha value is -3.71. The number of alkyl halides is 3. The number of pyridine rings is 1. The first-order valence-electron chi connectivity index (χ1n) is 12.4. The number of aliphatic hydroxyl groups excluding tert-OH is 1. The molecular formula is C30H28F3N2O2+. The van der Waals surface area contributed by atoms with Crippen molar-refractivity contribution in [2.24, 2.45) is 5.92 Å². The summed E-state index contributed by atoms with van der Waals surface area (Å²) in [7, 11) is 0.